The summed E-state index contributed by atoms with van der Waals surface area (Å²) in [5, 5.41) is 10.9. The van der Waals surface area contributed by atoms with Gasteiger partial charge in [0, 0.05) is 27.6 Å². The molecule has 6 rings (SSSR count). The van der Waals surface area contributed by atoms with E-state index in [1.54, 1.807) is 6.07 Å². The van der Waals surface area contributed by atoms with Crippen molar-refractivity contribution in [3.8, 4) is 11.1 Å². The predicted octanol–water partition coefficient (Wildman–Crippen LogP) is 6.57. The predicted molar refractivity (Wildman–Crippen MR) is 154 cm³/mol. The van der Waals surface area contributed by atoms with Gasteiger partial charge in [0.2, 0.25) is 0 Å². The number of benzene rings is 1. The van der Waals surface area contributed by atoms with Crippen molar-refractivity contribution in [1.29, 1.82) is 0 Å². The van der Waals surface area contributed by atoms with E-state index in [0.717, 1.165) is 61.2 Å². The van der Waals surface area contributed by atoms with Crippen LogP contribution in [-0.2, 0) is 0 Å². The topological polar surface area (TPSA) is 94.7 Å². The Morgan fingerprint density at radius 3 is 1.97 bits per heavy atom. The Labute approximate surface area is 215 Å². The molecule has 3 aromatic heterocycles. The summed E-state index contributed by atoms with van der Waals surface area (Å²) in [6.07, 6.45) is 7.93. The smallest absolute Gasteiger partial charge is 0.335 e. The van der Waals surface area contributed by atoms with E-state index in [4.69, 9.17) is 4.98 Å². The molecule has 2 aliphatic rings. The van der Waals surface area contributed by atoms with Crippen molar-refractivity contribution >= 4 is 65.6 Å². The second-order valence-corrected chi connectivity index (χ2v) is 15.5. The van der Waals surface area contributed by atoms with Crippen LogP contribution >= 0.6 is 0 Å². The molecule has 3 N–H and O–H groups in total. The number of carboxylic acids is 1. The van der Waals surface area contributed by atoms with Gasteiger partial charge >= 0.3 is 5.97 Å². The summed E-state index contributed by atoms with van der Waals surface area (Å²) in [5.41, 5.74) is 9.20. The van der Waals surface area contributed by atoms with Crippen LogP contribution in [0.5, 0.6) is 0 Å². The van der Waals surface area contributed by atoms with E-state index in [0.29, 0.717) is 5.56 Å². The molecule has 0 atom stereocenters. The van der Waals surface area contributed by atoms with Crippen molar-refractivity contribution in [3.05, 3.63) is 89.0 Å². The monoisotopic (exact) mass is 502 g/mol. The number of rotatable bonds is 3. The number of fused-ring (bicyclic) bond motifs is 8. The minimum atomic E-state index is -1.76. The normalized spacial score (nSPS) is 12.7. The molecule has 2 aliphatic heterocycles. The number of carboxylic acid groups (broad SMARTS) is 1. The maximum absolute atomic E-state index is 12.0. The van der Waals surface area contributed by atoms with Crippen LogP contribution in [0.2, 0.25) is 19.6 Å². The van der Waals surface area contributed by atoms with Gasteiger partial charge in [0.15, 0.2) is 0 Å². The van der Waals surface area contributed by atoms with Crippen LogP contribution in [-0.4, -0.2) is 39.1 Å². The first-order valence-corrected chi connectivity index (χ1v) is 15.7. The average Bonchev–Trinajstić information content (AvgIpc) is 3.63. The van der Waals surface area contributed by atoms with E-state index in [-0.39, 0.29) is 0 Å². The summed E-state index contributed by atoms with van der Waals surface area (Å²) >= 11 is 0. The molecule has 0 aliphatic carbocycles. The Morgan fingerprint density at radius 1 is 0.703 bits per heavy atom. The Balaban J connectivity index is 1.66. The van der Waals surface area contributed by atoms with E-state index in [1.165, 1.54) is 0 Å². The van der Waals surface area contributed by atoms with Crippen molar-refractivity contribution in [3.63, 3.8) is 0 Å². The molecule has 6 nitrogen and oxygen atoms in total. The molecule has 0 radical (unpaired) electrons. The summed E-state index contributed by atoms with van der Waals surface area (Å²) < 4.78 is 0. The molecule has 0 spiro atoms. The quantitative estimate of drug-likeness (QED) is 0.239. The first kappa shape index (κ1) is 22.9. The summed E-state index contributed by atoms with van der Waals surface area (Å²) in [4.78, 5) is 28.4. The third kappa shape index (κ3) is 4.69. The molecule has 1 aromatic carbocycles. The van der Waals surface area contributed by atoms with Crippen molar-refractivity contribution in [2.75, 3.05) is 0 Å². The number of nitrogens with zero attached hydrogens (tertiary/aromatic N) is 2. The van der Waals surface area contributed by atoms with Crippen LogP contribution in [0.1, 0.15) is 33.1 Å². The first-order chi connectivity index (χ1) is 17.7. The molecule has 182 valence electrons. The van der Waals surface area contributed by atoms with E-state index < -0.39 is 14.0 Å². The van der Waals surface area contributed by atoms with Crippen LogP contribution in [0.25, 0.3) is 57.5 Å². The number of hydrogen-bond acceptors (Lipinski definition) is 3. The Bertz CT molecular complexity index is 1800. The van der Waals surface area contributed by atoms with Crippen LogP contribution < -0.4 is 5.19 Å². The molecule has 37 heavy (non-hydrogen) atoms. The fourth-order valence-corrected chi connectivity index (χ4v) is 5.77. The minimum absolute atomic E-state index is 0.306. The summed E-state index contributed by atoms with van der Waals surface area (Å²) in [7, 11) is -1.76. The largest absolute Gasteiger partial charge is 0.478 e. The number of hydrogen-bond donors (Lipinski definition) is 3. The van der Waals surface area contributed by atoms with E-state index in [9.17, 15) is 9.90 Å². The number of aromatic carboxylic acids is 1. The van der Waals surface area contributed by atoms with Gasteiger partial charge in [-0.2, -0.15) is 0 Å². The summed E-state index contributed by atoms with van der Waals surface area (Å²) in [5.74, 6) is -0.920. The van der Waals surface area contributed by atoms with Gasteiger partial charge in [-0.25, -0.2) is 14.8 Å². The van der Waals surface area contributed by atoms with Gasteiger partial charge < -0.3 is 15.1 Å². The van der Waals surface area contributed by atoms with E-state index in [2.05, 4.69) is 46.7 Å². The molecule has 5 heterocycles. The lowest BCUT2D eigenvalue weighted by Crippen LogP contribution is -2.38. The highest BCUT2D eigenvalue weighted by molar-refractivity contribution is 6.88. The Morgan fingerprint density at radius 2 is 1.32 bits per heavy atom. The second-order valence-electron chi connectivity index (χ2n) is 10.4. The molecule has 0 saturated carbocycles. The minimum Gasteiger partial charge on any atom is -0.478 e. The molecule has 4 aromatic rings. The van der Waals surface area contributed by atoms with Gasteiger partial charge in [-0.15, -0.1) is 0 Å². The SMILES string of the molecule is C[Si](C)(C)c1cc(C(=O)O)cc(-c2cc3cc4ccc(cc5nc(cc6nc(cc2[nH]3)C=C6)C=C5)[nH]4)c1. The number of aromatic amines is 2. The Hall–Kier alpha value is -4.49. The lowest BCUT2D eigenvalue weighted by Gasteiger charge is -2.18. The zero-order valence-corrected chi connectivity index (χ0v) is 21.8. The van der Waals surface area contributed by atoms with Crippen molar-refractivity contribution in [2.45, 2.75) is 19.6 Å². The average molecular weight is 503 g/mol. The molecule has 0 unspecified atom stereocenters. The Kier molecular flexibility index (Phi) is 5.31. The van der Waals surface area contributed by atoms with Gasteiger partial charge in [0.1, 0.15) is 0 Å². The van der Waals surface area contributed by atoms with E-state index >= 15 is 0 Å². The highest BCUT2D eigenvalue weighted by Gasteiger charge is 2.20. The molecule has 0 amide bonds. The fraction of sp³-hybridized carbons (Fsp3) is 0.100. The van der Waals surface area contributed by atoms with Crippen LogP contribution in [0, 0.1) is 0 Å². The first-order valence-electron chi connectivity index (χ1n) is 12.2. The zero-order chi connectivity index (χ0) is 25.7. The van der Waals surface area contributed by atoms with E-state index in [1.807, 2.05) is 66.8 Å². The van der Waals surface area contributed by atoms with Gasteiger partial charge in [-0.3, -0.25) is 0 Å². The third-order valence-electron chi connectivity index (χ3n) is 6.53. The second kappa shape index (κ2) is 8.57. The lowest BCUT2D eigenvalue weighted by atomic mass is 10.0. The number of nitrogens with one attached hydrogen (secondary N) is 2. The van der Waals surface area contributed by atoms with Crippen LogP contribution in [0.3, 0.4) is 0 Å². The van der Waals surface area contributed by atoms with Crippen LogP contribution in [0.4, 0.5) is 0 Å². The molecular formula is C30H26N4O2Si. The zero-order valence-electron chi connectivity index (χ0n) is 20.8. The van der Waals surface area contributed by atoms with Gasteiger partial charge in [-0.05, 0) is 84.5 Å². The third-order valence-corrected chi connectivity index (χ3v) is 8.55. The number of H-pyrrole nitrogens is 2. The maximum atomic E-state index is 12.0. The van der Waals surface area contributed by atoms with Gasteiger partial charge in [0.25, 0.3) is 0 Å². The van der Waals surface area contributed by atoms with Gasteiger partial charge in [0.05, 0.1) is 36.4 Å². The molecule has 0 fully saturated rings. The highest BCUT2D eigenvalue weighted by atomic mass is 28.3. The lowest BCUT2D eigenvalue weighted by molar-refractivity contribution is 0.0697. The molecule has 8 bridgehead atoms. The molecule has 7 heteroatoms. The fourth-order valence-electron chi connectivity index (χ4n) is 4.60. The van der Waals surface area contributed by atoms with Crippen molar-refractivity contribution in [2.24, 2.45) is 0 Å². The maximum Gasteiger partial charge on any atom is 0.335 e. The summed E-state index contributed by atoms with van der Waals surface area (Å²) in [6.45, 7) is 6.68. The van der Waals surface area contributed by atoms with Crippen molar-refractivity contribution in [1.82, 2.24) is 19.9 Å². The highest BCUT2D eigenvalue weighted by Crippen LogP contribution is 2.29. The molecular weight excluding hydrogens is 476 g/mol. The number of aromatic nitrogens is 4. The van der Waals surface area contributed by atoms with Gasteiger partial charge in [-0.1, -0.05) is 30.9 Å². The number of carbonyl (C=O) groups is 1. The standard InChI is InChI=1S/C30H26N4O2Si/c1-37(2,3)27-11-18(10-19(12-27)30(35)36)28-16-26-15-24-7-6-22(32-24)13-20-4-5-21(31-20)14-23-8-9-25(33-23)17-29(28)34-26/h4-17,32,34H,1-3H3,(H,35,36). The molecule has 0 saturated heterocycles. The van der Waals surface area contributed by atoms with Crippen LogP contribution in [0.15, 0.2) is 60.7 Å². The van der Waals surface area contributed by atoms with Crippen molar-refractivity contribution < 1.29 is 9.90 Å². The summed E-state index contributed by atoms with van der Waals surface area (Å²) in [6, 6.07) is 19.9.